The zero-order valence-electron chi connectivity index (χ0n) is 12.7. The highest BCUT2D eigenvalue weighted by molar-refractivity contribution is 5.78. The van der Waals surface area contributed by atoms with E-state index >= 15 is 0 Å². The molecule has 20 heavy (non-hydrogen) atoms. The predicted octanol–water partition coefficient (Wildman–Crippen LogP) is 4.09. The van der Waals surface area contributed by atoms with Gasteiger partial charge in [-0.05, 0) is 37.8 Å². The van der Waals surface area contributed by atoms with Crippen molar-refractivity contribution in [1.82, 2.24) is 0 Å². The number of hydrogen-bond acceptors (Lipinski definition) is 3. The third-order valence-corrected chi connectivity index (χ3v) is 3.48. The Morgan fingerprint density at radius 3 is 2.70 bits per heavy atom. The van der Waals surface area contributed by atoms with Crippen molar-refractivity contribution in [3.05, 3.63) is 39.7 Å². The minimum absolute atomic E-state index is 0.0694. The largest absolute Gasteiger partial charge is 0.493 e. The zero-order chi connectivity index (χ0) is 14.7. The van der Waals surface area contributed by atoms with Crippen molar-refractivity contribution in [3.63, 3.8) is 0 Å². The molecule has 0 saturated carbocycles. The molecule has 0 saturated heterocycles. The van der Waals surface area contributed by atoms with Crippen LogP contribution in [0.25, 0.3) is 11.0 Å². The molecule has 0 fully saturated rings. The van der Waals surface area contributed by atoms with Crippen molar-refractivity contribution in [2.45, 2.75) is 40.5 Å². The number of hydrogen-bond donors (Lipinski definition) is 0. The predicted molar refractivity (Wildman–Crippen MR) is 81.5 cm³/mol. The third-order valence-electron chi connectivity index (χ3n) is 3.48. The second-order valence-electron chi connectivity index (χ2n) is 5.51. The van der Waals surface area contributed by atoms with Crippen molar-refractivity contribution >= 4 is 11.0 Å². The second-order valence-corrected chi connectivity index (χ2v) is 5.51. The molecule has 1 aromatic carbocycles. The molecule has 0 aliphatic carbocycles. The zero-order valence-corrected chi connectivity index (χ0v) is 12.7. The summed E-state index contributed by atoms with van der Waals surface area (Å²) >= 11 is 0. The van der Waals surface area contributed by atoms with Gasteiger partial charge < -0.3 is 9.15 Å². The van der Waals surface area contributed by atoms with Gasteiger partial charge in [-0.1, -0.05) is 20.8 Å². The van der Waals surface area contributed by atoms with E-state index in [-0.39, 0.29) is 5.43 Å². The van der Waals surface area contributed by atoms with Crippen molar-refractivity contribution in [2.75, 3.05) is 6.61 Å². The van der Waals surface area contributed by atoms with E-state index in [0.717, 1.165) is 17.7 Å². The van der Waals surface area contributed by atoms with Crippen LogP contribution in [0.15, 0.2) is 27.4 Å². The van der Waals surface area contributed by atoms with Gasteiger partial charge in [0.05, 0.1) is 12.0 Å². The molecule has 0 bridgehead atoms. The van der Waals surface area contributed by atoms with Gasteiger partial charge >= 0.3 is 0 Å². The molecule has 0 atom stereocenters. The van der Waals surface area contributed by atoms with Crippen molar-refractivity contribution in [2.24, 2.45) is 5.92 Å². The first-order valence-electron chi connectivity index (χ1n) is 7.22. The maximum absolute atomic E-state index is 12.3. The van der Waals surface area contributed by atoms with Crippen LogP contribution in [0, 0.1) is 12.8 Å². The van der Waals surface area contributed by atoms with Crippen LogP contribution in [-0.4, -0.2) is 6.61 Å². The Morgan fingerprint density at radius 2 is 2.05 bits per heavy atom. The van der Waals surface area contributed by atoms with Gasteiger partial charge in [-0.15, -0.1) is 0 Å². The van der Waals surface area contributed by atoms with E-state index in [1.165, 1.54) is 0 Å². The molecule has 1 heterocycles. The molecule has 0 spiro atoms. The first-order valence-corrected chi connectivity index (χ1v) is 7.22. The first kappa shape index (κ1) is 14.6. The van der Waals surface area contributed by atoms with Gasteiger partial charge in [-0.25, -0.2) is 0 Å². The summed E-state index contributed by atoms with van der Waals surface area (Å²) in [5.41, 5.74) is 1.43. The van der Waals surface area contributed by atoms with E-state index in [1.54, 1.807) is 6.07 Å². The first-order chi connectivity index (χ1) is 9.52. The molecular formula is C17H22O3. The van der Waals surface area contributed by atoms with E-state index in [0.29, 0.717) is 35.7 Å². The summed E-state index contributed by atoms with van der Waals surface area (Å²) in [6.07, 6.45) is 1.70. The summed E-state index contributed by atoms with van der Waals surface area (Å²) in [4.78, 5) is 12.3. The van der Waals surface area contributed by atoms with Gasteiger partial charge in [-0.2, -0.15) is 0 Å². The molecular weight excluding hydrogens is 252 g/mol. The lowest BCUT2D eigenvalue weighted by Gasteiger charge is -2.09. The van der Waals surface area contributed by atoms with E-state index < -0.39 is 0 Å². The summed E-state index contributed by atoms with van der Waals surface area (Å²) in [6.45, 7) is 8.82. The van der Waals surface area contributed by atoms with Crippen molar-refractivity contribution in [3.8, 4) is 5.75 Å². The minimum Gasteiger partial charge on any atom is -0.493 e. The van der Waals surface area contributed by atoms with Gasteiger partial charge in [-0.3, -0.25) is 4.79 Å². The van der Waals surface area contributed by atoms with Crippen LogP contribution < -0.4 is 10.2 Å². The Hall–Kier alpha value is -1.77. The van der Waals surface area contributed by atoms with Gasteiger partial charge in [0, 0.05) is 11.6 Å². The topological polar surface area (TPSA) is 39.4 Å². The minimum atomic E-state index is 0.0694. The number of rotatable bonds is 5. The SMILES string of the molecule is CCc1c(C)oc2cc(OCCC(C)C)ccc2c1=O. The summed E-state index contributed by atoms with van der Waals surface area (Å²) in [5.74, 6) is 2.07. The Morgan fingerprint density at radius 1 is 1.30 bits per heavy atom. The van der Waals surface area contributed by atoms with Gasteiger partial charge in [0.1, 0.15) is 17.1 Å². The van der Waals surface area contributed by atoms with Crippen LogP contribution in [0.2, 0.25) is 0 Å². The smallest absolute Gasteiger partial charge is 0.196 e. The molecule has 3 heteroatoms. The number of ether oxygens (including phenoxy) is 1. The van der Waals surface area contributed by atoms with E-state index in [1.807, 2.05) is 26.0 Å². The van der Waals surface area contributed by atoms with E-state index in [4.69, 9.17) is 9.15 Å². The summed E-state index contributed by atoms with van der Waals surface area (Å²) < 4.78 is 11.5. The Balaban J connectivity index is 2.33. The highest BCUT2D eigenvalue weighted by Gasteiger charge is 2.10. The Kier molecular flexibility index (Phi) is 4.48. The average Bonchev–Trinajstić information content (AvgIpc) is 2.38. The quantitative estimate of drug-likeness (QED) is 0.824. The lowest BCUT2D eigenvalue weighted by Crippen LogP contribution is -2.10. The van der Waals surface area contributed by atoms with Crippen LogP contribution in [0.1, 0.15) is 38.5 Å². The normalized spacial score (nSPS) is 11.2. The summed E-state index contributed by atoms with van der Waals surface area (Å²) in [7, 11) is 0. The number of aryl methyl sites for hydroxylation is 1. The Bertz CT molecular complexity index is 653. The molecule has 1 aromatic heterocycles. The number of benzene rings is 1. The molecule has 0 radical (unpaired) electrons. The Labute approximate surface area is 119 Å². The maximum atomic E-state index is 12.3. The second kappa shape index (κ2) is 6.12. The van der Waals surface area contributed by atoms with Crippen molar-refractivity contribution < 1.29 is 9.15 Å². The number of fused-ring (bicyclic) bond motifs is 1. The highest BCUT2D eigenvalue weighted by atomic mass is 16.5. The summed E-state index contributed by atoms with van der Waals surface area (Å²) in [6, 6.07) is 5.45. The fraction of sp³-hybridized carbons (Fsp3) is 0.471. The van der Waals surface area contributed by atoms with E-state index in [9.17, 15) is 4.79 Å². The fourth-order valence-electron chi connectivity index (χ4n) is 2.24. The lowest BCUT2D eigenvalue weighted by atomic mass is 10.1. The van der Waals surface area contributed by atoms with Gasteiger partial charge in [0.25, 0.3) is 0 Å². The standard InChI is InChI=1S/C17H22O3/c1-5-14-12(4)20-16-10-13(19-9-8-11(2)3)6-7-15(16)17(14)18/h6-7,10-11H,5,8-9H2,1-4H3. The summed E-state index contributed by atoms with van der Waals surface area (Å²) in [5, 5.41) is 0.628. The molecule has 0 N–H and O–H groups in total. The molecule has 0 unspecified atom stereocenters. The molecule has 3 nitrogen and oxygen atoms in total. The molecule has 2 aromatic rings. The van der Waals surface area contributed by atoms with Crippen molar-refractivity contribution in [1.29, 1.82) is 0 Å². The molecule has 108 valence electrons. The average molecular weight is 274 g/mol. The van der Waals surface area contributed by atoms with Gasteiger partial charge in [0.15, 0.2) is 5.43 Å². The van der Waals surface area contributed by atoms with Crippen LogP contribution in [0.4, 0.5) is 0 Å². The molecule has 2 rings (SSSR count). The molecule has 0 aliphatic rings. The molecule has 0 aliphatic heterocycles. The molecule has 0 amide bonds. The maximum Gasteiger partial charge on any atom is 0.196 e. The lowest BCUT2D eigenvalue weighted by molar-refractivity contribution is 0.289. The monoisotopic (exact) mass is 274 g/mol. The fourth-order valence-corrected chi connectivity index (χ4v) is 2.24. The third kappa shape index (κ3) is 3.03. The van der Waals surface area contributed by atoms with E-state index in [2.05, 4.69) is 13.8 Å². The van der Waals surface area contributed by atoms with Crippen LogP contribution in [0.5, 0.6) is 5.75 Å². The van der Waals surface area contributed by atoms with Crippen LogP contribution in [-0.2, 0) is 6.42 Å². The van der Waals surface area contributed by atoms with Gasteiger partial charge in [0.2, 0.25) is 0 Å². The van der Waals surface area contributed by atoms with Crippen LogP contribution in [0.3, 0.4) is 0 Å². The highest BCUT2D eigenvalue weighted by Crippen LogP contribution is 2.21. The van der Waals surface area contributed by atoms with Crippen LogP contribution >= 0.6 is 0 Å².